The third-order valence-electron chi connectivity index (χ3n) is 16.7. The van der Waals surface area contributed by atoms with Gasteiger partial charge in [-0.2, -0.15) is 0 Å². The summed E-state index contributed by atoms with van der Waals surface area (Å²) in [5.41, 5.74) is 0. The summed E-state index contributed by atoms with van der Waals surface area (Å²) in [6, 6.07) is 0.831. The number of nitrogens with zero attached hydrogens (tertiary/aromatic N) is 2. The molecule has 0 aliphatic heterocycles. The fraction of sp³-hybridized carbons (Fsp3) is 0.957. The molecule has 0 aromatic carbocycles. The molecule has 2 atom stereocenters. The maximum atomic E-state index is 14.5. The first-order chi connectivity index (χ1) is 38.2. The summed E-state index contributed by atoms with van der Waals surface area (Å²) in [5.74, 6) is 1.38. The molecule has 0 heterocycles. The molecule has 2 unspecified atom stereocenters. The molecule has 1 fully saturated rings. The first-order valence-electron chi connectivity index (χ1n) is 35.2. The molecule has 1 saturated carbocycles. The highest BCUT2D eigenvalue weighted by Crippen LogP contribution is 2.26. The molecule has 1 amide bonds. The van der Waals surface area contributed by atoms with Crippen molar-refractivity contribution in [3.8, 4) is 0 Å². The lowest BCUT2D eigenvalue weighted by Crippen LogP contribution is -2.42. The van der Waals surface area contributed by atoms with Crippen LogP contribution >= 0.6 is 0 Å². The van der Waals surface area contributed by atoms with E-state index in [0.29, 0.717) is 62.3 Å². The fourth-order valence-electron chi connectivity index (χ4n) is 11.8. The van der Waals surface area contributed by atoms with Crippen molar-refractivity contribution < 1.29 is 29.0 Å². The number of carbonyl (C=O) groups is 3. The molecule has 1 aliphatic carbocycles. The molecule has 0 spiro atoms. The third-order valence-corrected chi connectivity index (χ3v) is 16.7. The standard InChI is InChI=1S/C66H128N2O6.2C2H6/c1-7-13-18-21-22-27-32-39-56-68(64(70)47-40-55-67(54-12-6)61-50-52-63(69)53-51-61)62(45-35-28-23-25-30-37-48-65(71)73-57-59(41-16-10-4)43-33-19-14-8-2)46-36-29-24-26-31-38-49-66(72)74-58-60(42-17-11-5)44-34-20-15-9-3;2*1-2/h59-63,69H,7-58H2,1-6H3;2*1-2H3. The molecule has 0 radical (unpaired) electrons. The molecule has 0 aromatic rings. The van der Waals surface area contributed by atoms with E-state index in [1.165, 1.54) is 173 Å². The maximum absolute atomic E-state index is 14.5. The van der Waals surface area contributed by atoms with Gasteiger partial charge < -0.3 is 24.4 Å². The van der Waals surface area contributed by atoms with Gasteiger partial charge in [0.05, 0.1) is 19.3 Å². The number of hydrogen-bond acceptors (Lipinski definition) is 7. The molecule has 8 nitrogen and oxygen atoms in total. The van der Waals surface area contributed by atoms with Crippen LogP contribution in [0.25, 0.3) is 0 Å². The quantitative estimate of drug-likeness (QED) is 0.0479. The molecule has 78 heavy (non-hydrogen) atoms. The summed E-state index contributed by atoms with van der Waals surface area (Å²) in [4.78, 5) is 44.9. The number of aliphatic hydroxyl groups is 1. The smallest absolute Gasteiger partial charge is 0.305 e. The van der Waals surface area contributed by atoms with Crippen molar-refractivity contribution in [1.29, 1.82) is 0 Å². The van der Waals surface area contributed by atoms with Crippen LogP contribution in [0, 0.1) is 11.8 Å². The number of amides is 1. The van der Waals surface area contributed by atoms with Crippen molar-refractivity contribution in [2.24, 2.45) is 11.8 Å². The van der Waals surface area contributed by atoms with Crippen LogP contribution in [0.5, 0.6) is 0 Å². The largest absolute Gasteiger partial charge is 0.465 e. The average molecular weight is 1110 g/mol. The summed E-state index contributed by atoms with van der Waals surface area (Å²) in [6.45, 7) is 25.7. The molecule has 0 saturated heterocycles. The predicted octanol–water partition coefficient (Wildman–Crippen LogP) is 21.1. The van der Waals surface area contributed by atoms with E-state index in [-0.39, 0.29) is 18.0 Å². The van der Waals surface area contributed by atoms with Crippen molar-refractivity contribution in [2.45, 2.75) is 389 Å². The van der Waals surface area contributed by atoms with Gasteiger partial charge >= 0.3 is 11.9 Å². The molecule has 8 heteroatoms. The van der Waals surface area contributed by atoms with Gasteiger partial charge in [0.2, 0.25) is 5.91 Å². The van der Waals surface area contributed by atoms with Crippen LogP contribution in [0.4, 0.5) is 0 Å². The minimum Gasteiger partial charge on any atom is -0.465 e. The van der Waals surface area contributed by atoms with Crippen molar-refractivity contribution in [3.05, 3.63) is 0 Å². The summed E-state index contributed by atoms with van der Waals surface area (Å²) < 4.78 is 11.6. The highest BCUT2D eigenvalue weighted by molar-refractivity contribution is 5.76. The Hall–Kier alpha value is -1.67. The Morgan fingerprint density at radius 3 is 1.17 bits per heavy atom. The number of carbonyl (C=O) groups excluding carboxylic acids is 3. The average Bonchev–Trinajstić information content (AvgIpc) is 3.45. The van der Waals surface area contributed by atoms with Gasteiger partial charge in [0.1, 0.15) is 0 Å². The molecular formula is C70H140N2O6. The van der Waals surface area contributed by atoms with Crippen LogP contribution in [0.2, 0.25) is 0 Å². The lowest BCUT2D eigenvalue weighted by atomic mass is 9.91. The first kappa shape index (κ1) is 78.4. The van der Waals surface area contributed by atoms with Crippen molar-refractivity contribution in [1.82, 2.24) is 9.80 Å². The molecular weight excluding hydrogens is 965 g/mol. The van der Waals surface area contributed by atoms with Crippen LogP contribution in [0.1, 0.15) is 371 Å². The van der Waals surface area contributed by atoms with Crippen LogP contribution in [0.3, 0.4) is 0 Å². The zero-order valence-electron chi connectivity index (χ0n) is 54.5. The second-order valence-corrected chi connectivity index (χ2v) is 23.7. The number of esters is 2. The molecule has 1 aliphatic rings. The Bertz CT molecular complexity index is 1180. The lowest BCUT2D eigenvalue weighted by Gasteiger charge is -2.36. The maximum Gasteiger partial charge on any atom is 0.305 e. The van der Waals surface area contributed by atoms with Gasteiger partial charge in [0.15, 0.2) is 0 Å². The van der Waals surface area contributed by atoms with Gasteiger partial charge in [0.25, 0.3) is 0 Å². The second kappa shape index (κ2) is 61.4. The van der Waals surface area contributed by atoms with Crippen molar-refractivity contribution in [2.75, 3.05) is 32.8 Å². The summed E-state index contributed by atoms with van der Waals surface area (Å²) in [6.07, 6.45) is 53.0. The number of rotatable bonds is 55. The van der Waals surface area contributed by atoms with Gasteiger partial charge in [-0.3, -0.25) is 14.4 Å². The highest BCUT2D eigenvalue weighted by Gasteiger charge is 2.26. The predicted molar refractivity (Wildman–Crippen MR) is 340 cm³/mol. The van der Waals surface area contributed by atoms with E-state index in [2.05, 4.69) is 51.3 Å². The van der Waals surface area contributed by atoms with Gasteiger partial charge in [0, 0.05) is 37.9 Å². The SMILES string of the molecule is CC.CC.CCCCCCCCCCN(C(=O)CCCN(CCC)C1CCC(O)CC1)C(CCCCCCCCC(=O)OCC(CCCC)CCCCCC)CCCCCCCCC(=O)OCC(CCCC)CCCCCC. The Kier molecular flexibility index (Phi) is 61.7. The van der Waals surface area contributed by atoms with Crippen LogP contribution in [-0.2, 0) is 23.9 Å². The van der Waals surface area contributed by atoms with Gasteiger partial charge in [-0.1, -0.05) is 255 Å². The monoisotopic (exact) mass is 1110 g/mol. The number of aliphatic hydroxyl groups excluding tert-OH is 1. The van der Waals surface area contributed by atoms with Crippen LogP contribution in [0.15, 0.2) is 0 Å². The Morgan fingerprint density at radius 2 is 0.744 bits per heavy atom. The van der Waals surface area contributed by atoms with E-state index in [0.717, 1.165) is 129 Å². The fourth-order valence-corrected chi connectivity index (χ4v) is 11.8. The summed E-state index contributed by atoms with van der Waals surface area (Å²) in [5, 5.41) is 10.2. The Balaban J connectivity index is 0. The van der Waals surface area contributed by atoms with Crippen LogP contribution < -0.4 is 0 Å². The van der Waals surface area contributed by atoms with Gasteiger partial charge in [-0.05, 0) is 121 Å². The van der Waals surface area contributed by atoms with Crippen molar-refractivity contribution >= 4 is 17.8 Å². The van der Waals surface area contributed by atoms with E-state index in [9.17, 15) is 19.5 Å². The van der Waals surface area contributed by atoms with E-state index < -0.39 is 0 Å². The topological polar surface area (TPSA) is 96.4 Å². The summed E-state index contributed by atoms with van der Waals surface area (Å²) in [7, 11) is 0. The van der Waals surface area contributed by atoms with Gasteiger partial charge in [-0.25, -0.2) is 0 Å². The van der Waals surface area contributed by atoms with E-state index >= 15 is 0 Å². The lowest BCUT2D eigenvalue weighted by molar-refractivity contribution is -0.146. The number of unbranched alkanes of at least 4 members (excludes halogenated alkanes) is 25. The zero-order chi connectivity index (χ0) is 58.0. The molecule has 466 valence electrons. The van der Waals surface area contributed by atoms with E-state index in [1.807, 2.05) is 27.7 Å². The van der Waals surface area contributed by atoms with Gasteiger partial charge in [-0.15, -0.1) is 0 Å². The second-order valence-electron chi connectivity index (χ2n) is 23.7. The molecule has 1 rings (SSSR count). The minimum atomic E-state index is -0.143. The Labute approximate surface area is 488 Å². The minimum absolute atomic E-state index is 0.00869. The van der Waals surface area contributed by atoms with E-state index in [4.69, 9.17) is 9.47 Å². The zero-order valence-corrected chi connectivity index (χ0v) is 54.5. The number of ether oxygens (including phenoxy) is 2. The highest BCUT2D eigenvalue weighted by atomic mass is 16.5. The first-order valence-corrected chi connectivity index (χ1v) is 35.2. The normalized spacial score (nSPS) is 15.4. The number of hydrogen-bond donors (Lipinski definition) is 1. The molecule has 1 N–H and O–H groups in total. The summed E-state index contributed by atoms with van der Waals surface area (Å²) >= 11 is 0. The third kappa shape index (κ3) is 47.9. The van der Waals surface area contributed by atoms with E-state index in [1.54, 1.807) is 0 Å². The van der Waals surface area contributed by atoms with Crippen LogP contribution in [-0.4, -0.2) is 83.8 Å². The molecule has 0 aromatic heterocycles. The molecule has 0 bridgehead atoms. The Morgan fingerprint density at radius 1 is 0.385 bits per heavy atom. The van der Waals surface area contributed by atoms with Crippen molar-refractivity contribution in [3.63, 3.8) is 0 Å².